The molecule has 5 nitrogen and oxygen atoms in total. The second-order valence-corrected chi connectivity index (χ2v) is 6.86. The zero-order valence-electron chi connectivity index (χ0n) is 12.6. The van der Waals surface area contributed by atoms with E-state index in [2.05, 4.69) is 15.3 Å². The molecule has 0 saturated heterocycles. The van der Waals surface area contributed by atoms with Crippen molar-refractivity contribution in [2.45, 2.75) is 39.7 Å². The Hall–Kier alpha value is -1.95. The van der Waals surface area contributed by atoms with Crippen LogP contribution in [0.15, 0.2) is 17.5 Å². The van der Waals surface area contributed by atoms with E-state index in [1.807, 2.05) is 33.1 Å². The lowest BCUT2D eigenvalue weighted by molar-refractivity contribution is 0.0696. The van der Waals surface area contributed by atoms with E-state index >= 15 is 0 Å². The summed E-state index contributed by atoms with van der Waals surface area (Å²) in [7, 11) is 0. The predicted molar refractivity (Wildman–Crippen MR) is 84.1 cm³/mol. The van der Waals surface area contributed by atoms with Crippen molar-refractivity contribution < 1.29 is 9.90 Å². The molecule has 0 aromatic carbocycles. The molecule has 2 rings (SSSR count). The minimum atomic E-state index is -0.948. The summed E-state index contributed by atoms with van der Waals surface area (Å²) in [5, 5.41) is 15.3. The zero-order chi connectivity index (χ0) is 15.6. The third kappa shape index (κ3) is 4.01. The van der Waals surface area contributed by atoms with Crippen molar-refractivity contribution in [2.24, 2.45) is 0 Å². The van der Waals surface area contributed by atoms with Gasteiger partial charge in [-0.25, -0.2) is 14.8 Å². The SMILES string of the molecule is Cc1csc(CNc2cc(C(=O)O)cc(C(C)(C)C)n2)n1. The number of anilines is 1. The van der Waals surface area contributed by atoms with Gasteiger partial charge in [0, 0.05) is 22.2 Å². The largest absolute Gasteiger partial charge is 0.478 e. The van der Waals surface area contributed by atoms with E-state index in [0.717, 1.165) is 16.4 Å². The van der Waals surface area contributed by atoms with Gasteiger partial charge in [0.2, 0.25) is 0 Å². The second-order valence-electron chi connectivity index (χ2n) is 5.92. The Morgan fingerprint density at radius 3 is 2.57 bits per heavy atom. The Morgan fingerprint density at radius 2 is 2.05 bits per heavy atom. The van der Waals surface area contributed by atoms with Gasteiger partial charge in [-0.1, -0.05) is 20.8 Å². The van der Waals surface area contributed by atoms with Gasteiger partial charge in [0.05, 0.1) is 12.1 Å². The normalized spacial score (nSPS) is 11.4. The highest BCUT2D eigenvalue weighted by Gasteiger charge is 2.19. The maximum Gasteiger partial charge on any atom is 0.335 e. The fraction of sp³-hybridized carbons (Fsp3) is 0.400. The number of thiazole rings is 1. The van der Waals surface area contributed by atoms with Crippen LogP contribution >= 0.6 is 11.3 Å². The van der Waals surface area contributed by atoms with E-state index in [9.17, 15) is 9.90 Å². The number of aryl methyl sites for hydroxylation is 1. The molecule has 21 heavy (non-hydrogen) atoms. The molecule has 0 aliphatic heterocycles. The Morgan fingerprint density at radius 1 is 1.33 bits per heavy atom. The van der Waals surface area contributed by atoms with Crippen LogP contribution in [-0.4, -0.2) is 21.0 Å². The van der Waals surface area contributed by atoms with Crippen LogP contribution in [-0.2, 0) is 12.0 Å². The minimum absolute atomic E-state index is 0.209. The van der Waals surface area contributed by atoms with Gasteiger partial charge in [0.15, 0.2) is 0 Å². The van der Waals surface area contributed by atoms with Crippen molar-refractivity contribution in [2.75, 3.05) is 5.32 Å². The molecular weight excluding hydrogens is 286 g/mol. The first-order chi connectivity index (χ1) is 9.75. The molecule has 0 amide bonds. The zero-order valence-corrected chi connectivity index (χ0v) is 13.4. The van der Waals surface area contributed by atoms with Crippen LogP contribution in [0, 0.1) is 6.92 Å². The monoisotopic (exact) mass is 305 g/mol. The van der Waals surface area contributed by atoms with Gasteiger partial charge >= 0.3 is 5.97 Å². The van der Waals surface area contributed by atoms with Crippen LogP contribution in [0.1, 0.15) is 47.5 Å². The van der Waals surface area contributed by atoms with E-state index < -0.39 is 5.97 Å². The minimum Gasteiger partial charge on any atom is -0.478 e. The second kappa shape index (κ2) is 5.81. The number of aromatic nitrogens is 2. The summed E-state index contributed by atoms with van der Waals surface area (Å²) in [6.45, 7) is 8.51. The molecule has 0 saturated carbocycles. The lowest BCUT2D eigenvalue weighted by atomic mass is 9.91. The van der Waals surface area contributed by atoms with Gasteiger partial charge in [0.1, 0.15) is 10.8 Å². The van der Waals surface area contributed by atoms with Gasteiger partial charge in [-0.3, -0.25) is 0 Å². The first-order valence-electron chi connectivity index (χ1n) is 6.66. The van der Waals surface area contributed by atoms with Crippen LogP contribution < -0.4 is 5.32 Å². The summed E-state index contributed by atoms with van der Waals surface area (Å²) < 4.78 is 0. The average Bonchev–Trinajstić information content (AvgIpc) is 2.81. The molecule has 0 bridgehead atoms. The third-order valence-corrected chi connectivity index (χ3v) is 3.89. The summed E-state index contributed by atoms with van der Waals surface area (Å²) >= 11 is 1.57. The molecule has 0 atom stereocenters. The third-order valence-electron chi connectivity index (χ3n) is 2.93. The highest BCUT2D eigenvalue weighted by Crippen LogP contribution is 2.24. The topological polar surface area (TPSA) is 75.1 Å². The smallest absolute Gasteiger partial charge is 0.335 e. The molecule has 2 heterocycles. The molecule has 112 valence electrons. The van der Waals surface area contributed by atoms with E-state index in [0.29, 0.717) is 12.4 Å². The van der Waals surface area contributed by atoms with Crippen molar-refractivity contribution in [3.8, 4) is 0 Å². The van der Waals surface area contributed by atoms with Crippen LogP contribution in [0.3, 0.4) is 0 Å². The number of hydrogen-bond acceptors (Lipinski definition) is 5. The summed E-state index contributed by atoms with van der Waals surface area (Å²) in [6, 6.07) is 3.18. The van der Waals surface area contributed by atoms with Crippen LogP contribution in [0.2, 0.25) is 0 Å². The Bertz CT molecular complexity index is 659. The number of pyridine rings is 1. The Labute approximate surface area is 128 Å². The molecule has 0 spiro atoms. The first kappa shape index (κ1) is 15.4. The van der Waals surface area contributed by atoms with Gasteiger partial charge in [0.25, 0.3) is 0 Å². The molecule has 6 heteroatoms. The fourth-order valence-corrected chi connectivity index (χ4v) is 2.49. The van der Waals surface area contributed by atoms with Crippen LogP contribution in [0.4, 0.5) is 5.82 Å². The van der Waals surface area contributed by atoms with Crippen molar-refractivity contribution in [3.05, 3.63) is 39.5 Å². The number of nitrogens with one attached hydrogen (secondary N) is 1. The number of nitrogens with zero attached hydrogens (tertiary/aromatic N) is 2. The summed E-state index contributed by atoms with van der Waals surface area (Å²) in [4.78, 5) is 20.1. The van der Waals surface area contributed by atoms with Gasteiger partial charge < -0.3 is 10.4 Å². The van der Waals surface area contributed by atoms with E-state index in [-0.39, 0.29) is 11.0 Å². The molecule has 2 N–H and O–H groups in total. The Balaban J connectivity index is 2.25. The highest BCUT2D eigenvalue weighted by molar-refractivity contribution is 7.09. The van der Waals surface area contributed by atoms with E-state index in [4.69, 9.17) is 0 Å². The summed E-state index contributed by atoms with van der Waals surface area (Å²) in [6.07, 6.45) is 0. The molecule has 0 unspecified atom stereocenters. The molecule has 0 fully saturated rings. The molecule has 2 aromatic heterocycles. The number of carboxylic acids is 1. The lowest BCUT2D eigenvalue weighted by Gasteiger charge is -2.19. The van der Waals surface area contributed by atoms with Crippen molar-refractivity contribution in [3.63, 3.8) is 0 Å². The average molecular weight is 305 g/mol. The Kier molecular flexibility index (Phi) is 4.27. The van der Waals surface area contributed by atoms with E-state index in [1.54, 1.807) is 23.5 Å². The van der Waals surface area contributed by atoms with Gasteiger partial charge in [-0.15, -0.1) is 11.3 Å². The molecular formula is C15H19N3O2S. The van der Waals surface area contributed by atoms with Crippen molar-refractivity contribution in [1.82, 2.24) is 9.97 Å². The maximum absolute atomic E-state index is 11.2. The fourth-order valence-electron chi connectivity index (χ4n) is 1.78. The maximum atomic E-state index is 11.2. The molecule has 2 aromatic rings. The van der Waals surface area contributed by atoms with Crippen LogP contribution in [0.25, 0.3) is 0 Å². The number of hydrogen-bond donors (Lipinski definition) is 2. The van der Waals surface area contributed by atoms with Gasteiger partial charge in [-0.05, 0) is 19.1 Å². The number of carbonyl (C=O) groups is 1. The standard InChI is InChI=1S/C15H19N3O2S/c1-9-8-21-13(17-9)7-16-12-6-10(14(19)20)5-11(18-12)15(2,3)4/h5-6,8H,7H2,1-4H3,(H,16,18)(H,19,20). The van der Waals surface area contributed by atoms with E-state index in [1.165, 1.54) is 0 Å². The summed E-state index contributed by atoms with van der Waals surface area (Å²) in [5.74, 6) is -0.385. The highest BCUT2D eigenvalue weighted by atomic mass is 32.1. The molecule has 0 radical (unpaired) electrons. The predicted octanol–water partition coefficient (Wildman–Crippen LogP) is 3.45. The molecule has 0 aliphatic rings. The van der Waals surface area contributed by atoms with Crippen molar-refractivity contribution in [1.29, 1.82) is 0 Å². The lowest BCUT2D eigenvalue weighted by Crippen LogP contribution is -2.16. The number of rotatable bonds is 4. The quantitative estimate of drug-likeness (QED) is 0.905. The number of aromatic carboxylic acids is 1. The number of carboxylic acid groups (broad SMARTS) is 1. The molecule has 0 aliphatic carbocycles. The van der Waals surface area contributed by atoms with Crippen molar-refractivity contribution >= 4 is 23.1 Å². The van der Waals surface area contributed by atoms with Crippen LogP contribution in [0.5, 0.6) is 0 Å². The first-order valence-corrected chi connectivity index (χ1v) is 7.54. The summed E-state index contributed by atoms with van der Waals surface area (Å²) in [5.41, 5.74) is 1.77. The van der Waals surface area contributed by atoms with Gasteiger partial charge in [-0.2, -0.15) is 0 Å².